The topological polar surface area (TPSA) is 91.7 Å². The van der Waals surface area contributed by atoms with Crippen molar-refractivity contribution in [2.75, 3.05) is 20.7 Å². The van der Waals surface area contributed by atoms with Crippen LogP contribution in [0.25, 0.3) is 0 Å². The number of aliphatic hydroxyl groups is 2. The van der Waals surface area contributed by atoms with Crippen LogP contribution in [-0.2, 0) is 4.74 Å². The number of pyridine rings is 1. The van der Waals surface area contributed by atoms with E-state index < -0.39 is 18.2 Å². The summed E-state index contributed by atoms with van der Waals surface area (Å²) in [6.45, 7) is 0.205. The van der Waals surface area contributed by atoms with Crippen molar-refractivity contribution in [2.45, 2.75) is 12.2 Å². The van der Waals surface area contributed by atoms with E-state index in [9.17, 15) is 15.0 Å². The van der Waals surface area contributed by atoms with Crippen LogP contribution in [0.4, 0.5) is 0 Å². The van der Waals surface area contributed by atoms with Crippen LogP contribution in [0.1, 0.15) is 22.0 Å². The van der Waals surface area contributed by atoms with Crippen LogP contribution in [0.5, 0.6) is 0 Å². The minimum atomic E-state index is -1.19. The normalized spacial score (nSPS) is 14.1. The number of aromatic nitrogens is 1. The Hall–Kier alpha value is -1.50. The van der Waals surface area contributed by atoms with E-state index >= 15 is 0 Å². The Morgan fingerprint density at radius 2 is 2.29 bits per heavy atom. The number of aliphatic hydroxyl groups excluding tert-OH is 2. The lowest BCUT2D eigenvalue weighted by Gasteiger charge is -2.19. The summed E-state index contributed by atoms with van der Waals surface area (Å²) < 4.78 is 4.59. The van der Waals surface area contributed by atoms with Gasteiger partial charge >= 0.3 is 5.97 Å². The van der Waals surface area contributed by atoms with Crippen LogP contribution in [0, 0.1) is 0 Å². The van der Waals surface area contributed by atoms with Crippen LogP contribution < -0.4 is 5.32 Å². The number of nitrogens with zero attached hydrogens (tertiary/aromatic N) is 1. The molecular weight excluding hydrogens is 224 g/mol. The summed E-state index contributed by atoms with van der Waals surface area (Å²) in [4.78, 5) is 15.3. The highest BCUT2D eigenvalue weighted by Crippen LogP contribution is 2.20. The zero-order chi connectivity index (χ0) is 12.8. The number of hydrogen-bond acceptors (Lipinski definition) is 6. The standard InChI is InChI=1S/C11H16N2O4/c1-12-6-9(14)10(15)8-5-13-4-3-7(8)11(16)17-2/h3-5,9-10,12,14-15H,6H2,1-2H3. The molecule has 0 aliphatic heterocycles. The number of carbonyl (C=O) groups excluding carboxylic acids is 1. The van der Waals surface area contributed by atoms with Crippen LogP contribution in [0.15, 0.2) is 18.5 Å². The molecule has 1 aromatic rings. The molecule has 0 saturated carbocycles. The van der Waals surface area contributed by atoms with E-state index in [0.717, 1.165) is 0 Å². The van der Waals surface area contributed by atoms with Gasteiger partial charge < -0.3 is 20.3 Å². The van der Waals surface area contributed by atoms with Crippen molar-refractivity contribution in [1.82, 2.24) is 10.3 Å². The SMILES string of the molecule is CNCC(O)C(O)c1cnccc1C(=O)OC. The van der Waals surface area contributed by atoms with Crippen LogP contribution in [0.2, 0.25) is 0 Å². The van der Waals surface area contributed by atoms with E-state index in [1.807, 2.05) is 0 Å². The van der Waals surface area contributed by atoms with E-state index in [1.54, 1.807) is 7.05 Å². The molecule has 0 aromatic carbocycles. The maximum absolute atomic E-state index is 11.5. The zero-order valence-electron chi connectivity index (χ0n) is 9.75. The highest BCUT2D eigenvalue weighted by Gasteiger charge is 2.23. The number of esters is 1. The molecule has 0 aliphatic carbocycles. The highest BCUT2D eigenvalue weighted by atomic mass is 16.5. The molecule has 6 heteroatoms. The summed E-state index contributed by atoms with van der Waals surface area (Å²) in [5.41, 5.74) is 0.451. The first kappa shape index (κ1) is 13.6. The summed E-state index contributed by atoms with van der Waals surface area (Å²) in [7, 11) is 2.91. The predicted molar refractivity (Wildman–Crippen MR) is 60.5 cm³/mol. The Morgan fingerprint density at radius 3 is 2.88 bits per heavy atom. The van der Waals surface area contributed by atoms with E-state index in [1.165, 1.54) is 25.6 Å². The van der Waals surface area contributed by atoms with Crippen molar-refractivity contribution in [3.05, 3.63) is 29.6 Å². The first-order chi connectivity index (χ1) is 8.11. The van der Waals surface area contributed by atoms with Gasteiger partial charge in [-0.25, -0.2) is 4.79 Å². The Bertz CT molecular complexity index is 383. The predicted octanol–water partition coefficient (Wildman–Crippen LogP) is -0.518. The van der Waals surface area contributed by atoms with Gasteiger partial charge in [0.1, 0.15) is 6.10 Å². The minimum absolute atomic E-state index is 0.199. The number of rotatable bonds is 5. The Kier molecular flexibility index (Phi) is 5.02. The van der Waals surface area contributed by atoms with Crippen molar-refractivity contribution in [3.8, 4) is 0 Å². The third-order valence-corrected chi connectivity index (χ3v) is 2.35. The second-order valence-corrected chi connectivity index (χ2v) is 3.52. The molecule has 0 spiro atoms. The lowest BCUT2D eigenvalue weighted by Crippen LogP contribution is -2.30. The molecule has 1 rings (SSSR count). The quantitative estimate of drug-likeness (QED) is 0.600. The van der Waals surface area contributed by atoms with E-state index in [-0.39, 0.29) is 17.7 Å². The largest absolute Gasteiger partial charge is 0.465 e. The molecular formula is C11H16N2O4. The number of likely N-dealkylation sites (N-methyl/N-ethyl adjacent to an activating group) is 1. The zero-order valence-corrected chi connectivity index (χ0v) is 9.75. The van der Waals surface area contributed by atoms with Gasteiger partial charge in [-0.1, -0.05) is 0 Å². The fourth-order valence-corrected chi connectivity index (χ4v) is 1.47. The van der Waals surface area contributed by atoms with Gasteiger partial charge in [0.15, 0.2) is 0 Å². The van der Waals surface area contributed by atoms with Gasteiger partial charge in [0.25, 0.3) is 0 Å². The molecule has 1 heterocycles. The molecule has 94 valence electrons. The van der Waals surface area contributed by atoms with Gasteiger partial charge in [0.2, 0.25) is 0 Å². The summed E-state index contributed by atoms with van der Waals surface area (Å²) in [6, 6.07) is 1.44. The van der Waals surface area contributed by atoms with Crippen molar-refractivity contribution < 1.29 is 19.7 Å². The van der Waals surface area contributed by atoms with Crippen LogP contribution >= 0.6 is 0 Å². The second-order valence-electron chi connectivity index (χ2n) is 3.52. The fourth-order valence-electron chi connectivity index (χ4n) is 1.47. The molecule has 0 aliphatic rings. The van der Waals surface area contributed by atoms with Crippen molar-refractivity contribution >= 4 is 5.97 Å². The Labute approximate surface area is 99.3 Å². The van der Waals surface area contributed by atoms with Gasteiger partial charge in [-0.3, -0.25) is 4.98 Å². The lowest BCUT2D eigenvalue weighted by molar-refractivity contribution is 0.0187. The molecule has 0 saturated heterocycles. The van der Waals surface area contributed by atoms with Gasteiger partial charge in [-0.2, -0.15) is 0 Å². The third-order valence-electron chi connectivity index (χ3n) is 2.35. The molecule has 6 nitrogen and oxygen atoms in total. The molecule has 1 aromatic heterocycles. The van der Waals surface area contributed by atoms with Crippen molar-refractivity contribution in [2.24, 2.45) is 0 Å². The Balaban J connectivity index is 3.00. The smallest absolute Gasteiger partial charge is 0.338 e. The minimum Gasteiger partial charge on any atom is -0.465 e. The molecule has 2 unspecified atom stereocenters. The number of carbonyl (C=O) groups is 1. The van der Waals surface area contributed by atoms with E-state index in [4.69, 9.17) is 0 Å². The highest BCUT2D eigenvalue weighted by molar-refractivity contribution is 5.90. The molecule has 17 heavy (non-hydrogen) atoms. The molecule has 3 N–H and O–H groups in total. The number of methoxy groups -OCH3 is 1. The van der Waals surface area contributed by atoms with Crippen molar-refractivity contribution in [1.29, 1.82) is 0 Å². The van der Waals surface area contributed by atoms with Gasteiger partial charge in [0, 0.05) is 24.5 Å². The maximum atomic E-state index is 11.5. The summed E-state index contributed by atoms with van der Waals surface area (Å²) in [5, 5.41) is 22.3. The average Bonchev–Trinajstić information content (AvgIpc) is 2.37. The number of nitrogens with one attached hydrogen (secondary N) is 1. The van der Waals surface area contributed by atoms with Crippen molar-refractivity contribution in [3.63, 3.8) is 0 Å². The first-order valence-electron chi connectivity index (χ1n) is 5.14. The number of ether oxygens (including phenoxy) is 1. The first-order valence-corrected chi connectivity index (χ1v) is 5.14. The third kappa shape index (κ3) is 3.23. The lowest BCUT2D eigenvalue weighted by atomic mass is 10.0. The monoisotopic (exact) mass is 240 g/mol. The van der Waals surface area contributed by atoms with Gasteiger partial charge in [-0.05, 0) is 13.1 Å². The number of hydrogen-bond donors (Lipinski definition) is 3. The summed E-state index contributed by atoms with van der Waals surface area (Å²) in [5.74, 6) is -0.571. The molecule has 0 radical (unpaired) electrons. The van der Waals surface area contributed by atoms with E-state index in [2.05, 4.69) is 15.0 Å². The Morgan fingerprint density at radius 1 is 1.59 bits per heavy atom. The maximum Gasteiger partial charge on any atom is 0.338 e. The van der Waals surface area contributed by atoms with Crippen LogP contribution in [0.3, 0.4) is 0 Å². The summed E-state index contributed by atoms with van der Waals surface area (Å²) >= 11 is 0. The van der Waals surface area contributed by atoms with Crippen LogP contribution in [-0.4, -0.2) is 48.0 Å². The average molecular weight is 240 g/mol. The second kappa shape index (κ2) is 6.29. The molecule has 0 bridgehead atoms. The molecule has 2 atom stereocenters. The fraction of sp³-hybridized carbons (Fsp3) is 0.455. The van der Waals surface area contributed by atoms with Gasteiger partial charge in [-0.15, -0.1) is 0 Å². The van der Waals surface area contributed by atoms with Gasteiger partial charge in [0.05, 0.1) is 18.8 Å². The van der Waals surface area contributed by atoms with E-state index in [0.29, 0.717) is 0 Å². The molecule has 0 amide bonds. The summed E-state index contributed by atoms with van der Waals surface area (Å²) in [6.07, 6.45) is 0.556. The molecule has 0 fully saturated rings.